The molecule has 0 spiro atoms. The first-order chi connectivity index (χ1) is 6.86. The zero-order chi connectivity index (χ0) is 11.6. The van der Waals surface area contributed by atoms with Crippen molar-refractivity contribution >= 4 is 5.82 Å². The lowest BCUT2D eigenvalue weighted by Gasteiger charge is -2.17. The maximum atomic E-state index is 12.6. The lowest BCUT2D eigenvalue weighted by molar-refractivity contribution is -0.137. The molecule has 1 aromatic rings. The van der Waals surface area contributed by atoms with Gasteiger partial charge in [-0.15, -0.1) is 6.42 Å². The summed E-state index contributed by atoms with van der Waals surface area (Å²) in [6.07, 6.45) is 1.81. The summed E-state index contributed by atoms with van der Waals surface area (Å²) in [4.78, 5) is 4.97. The Morgan fingerprint density at radius 3 is 2.40 bits per heavy atom. The molecule has 0 aliphatic rings. The Morgan fingerprint density at radius 2 is 2.00 bits per heavy atom. The summed E-state index contributed by atoms with van der Waals surface area (Å²) >= 11 is 0. The Balaban J connectivity index is 3.37. The smallest absolute Gasteiger partial charge is 0.362 e. The monoisotopic (exact) mass is 214 g/mol. The molecule has 0 aliphatic carbocycles. The number of terminal acetylenes is 1. The second kappa shape index (κ2) is 3.81. The van der Waals surface area contributed by atoms with Gasteiger partial charge >= 0.3 is 6.18 Å². The third-order valence-electron chi connectivity index (χ3n) is 1.76. The summed E-state index contributed by atoms with van der Waals surface area (Å²) in [7, 11) is 2.99. The summed E-state index contributed by atoms with van der Waals surface area (Å²) < 4.78 is 37.8. The van der Waals surface area contributed by atoms with Crippen LogP contribution in [0.1, 0.15) is 11.1 Å². The van der Waals surface area contributed by atoms with E-state index < -0.39 is 11.7 Å². The highest BCUT2D eigenvalue weighted by Gasteiger charge is 2.35. The van der Waals surface area contributed by atoms with E-state index in [1.807, 2.05) is 0 Å². The fourth-order valence-electron chi connectivity index (χ4n) is 1.10. The molecule has 0 radical (unpaired) electrons. The number of hydrogen-bond donors (Lipinski definition) is 0. The van der Waals surface area contributed by atoms with Crippen LogP contribution in [0, 0.1) is 12.3 Å². The lowest BCUT2D eigenvalue weighted by atomic mass is 10.2. The Kier molecular flexibility index (Phi) is 2.89. The topological polar surface area (TPSA) is 16.1 Å². The molecule has 0 fully saturated rings. The molecular weight excluding hydrogens is 205 g/mol. The van der Waals surface area contributed by atoms with Crippen molar-refractivity contribution < 1.29 is 13.2 Å². The van der Waals surface area contributed by atoms with Crippen molar-refractivity contribution in [1.82, 2.24) is 4.98 Å². The molecule has 0 amide bonds. The molecule has 0 atom stereocenters. The first-order valence-corrected chi connectivity index (χ1v) is 4.07. The van der Waals surface area contributed by atoms with E-state index >= 15 is 0 Å². The molecule has 80 valence electrons. The normalized spacial score (nSPS) is 10.9. The van der Waals surface area contributed by atoms with Gasteiger partial charge in [0, 0.05) is 25.9 Å². The minimum Gasteiger partial charge on any atom is -0.362 e. The average Bonchev–Trinajstić information content (AvgIpc) is 2.15. The number of anilines is 1. The Bertz CT molecular complexity index is 402. The van der Waals surface area contributed by atoms with Gasteiger partial charge in [0.25, 0.3) is 0 Å². The van der Waals surface area contributed by atoms with Crippen LogP contribution in [0.3, 0.4) is 0 Å². The highest BCUT2D eigenvalue weighted by atomic mass is 19.4. The van der Waals surface area contributed by atoms with Gasteiger partial charge in [-0.2, -0.15) is 13.2 Å². The largest absolute Gasteiger partial charge is 0.420 e. The molecule has 1 rings (SSSR count). The van der Waals surface area contributed by atoms with Crippen LogP contribution in [0.4, 0.5) is 19.0 Å². The molecule has 0 aliphatic heterocycles. The van der Waals surface area contributed by atoms with Crippen LogP contribution in [-0.2, 0) is 6.18 Å². The molecule has 0 aromatic carbocycles. The number of rotatable bonds is 1. The average molecular weight is 214 g/mol. The predicted molar refractivity (Wildman–Crippen MR) is 51.5 cm³/mol. The maximum absolute atomic E-state index is 12.6. The third-order valence-corrected chi connectivity index (χ3v) is 1.76. The van der Waals surface area contributed by atoms with Crippen LogP contribution in [0.15, 0.2) is 12.3 Å². The standard InChI is InChI=1S/C10H9F3N2/c1-4-7-5-8(10(11,12)13)9(14-6-7)15(2)3/h1,5-6H,2-3H3. The van der Waals surface area contributed by atoms with Crippen molar-refractivity contribution in [1.29, 1.82) is 0 Å². The molecule has 1 aromatic heterocycles. The summed E-state index contributed by atoms with van der Waals surface area (Å²) in [6.45, 7) is 0. The van der Waals surface area contributed by atoms with Gasteiger partial charge in [0.2, 0.25) is 0 Å². The molecular formula is C10H9F3N2. The van der Waals surface area contributed by atoms with Crippen molar-refractivity contribution in [2.45, 2.75) is 6.18 Å². The molecule has 1 heterocycles. The Morgan fingerprint density at radius 1 is 1.40 bits per heavy atom. The highest BCUT2D eigenvalue weighted by molar-refractivity contribution is 5.51. The van der Waals surface area contributed by atoms with Gasteiger partial charge in [-0.1, -0.05) is 5.92 Å². The molecule has 0 N–H and O–H groups in total. The van der Waals surface area contributed by atoms with Crippen LogP contribution in [0.5, 0.6) is 0 Å². The SMILES string of the molecule is C#Cc1cnc(N(C)C)c(C(F)(F)F)c1. The molecule has 0 saturated carbocycles. The lowest BCUT2D eigenvalue weighted by Crippen LogP contribution is -2.18. The summed E-state index contributed by atoms with van der Waals surface area (Å²) in [5.41, 5.74) is -0.698. The molecule has 5 heteroatoms. The van der Waals surface area contributed by atoms with E-state index in [4.69, 9.17) is 6.42 Å². The van der Waals surface area contributed by atoms with Gasteiger partial charge in [0.05, 0.1) is 5.56 Å². The van der Waals surface area contributed by atoms with Crippen molar-refractivity contribution in [3.63, 3.8) is 0 Å². The zero-order valence-electron chi connectivity index (χ0n) is 8.26. The summed E-state index contributed by atoms with van der Waals surface area (Å²) in [5, 5.41) is 0. The second-order valence-corrected chi connectivity index (χ2v) is 3.13. The van der Waals surface area contributed by atoms with Crippen molar-refractivity contribution in [2.75, 3.05) is 19.0 Å². The van der Waals surface area contributed by atoms with Crippen LogP contribution in [0.2, 0.25) is 0 Å². The first-order valence-electron chi connectivity index (χ1n) is 4.07. The van der Waals surface area contributed by atoms with E-state index in [1.165, 1.54) is 25.2 Å². The van der Waals surface area contributed by atoms with Crippen LogP contribution in [0.25, 0.3) is 0 Å². The molecule has 15 heavy (non-hydrogen) atoms. The number of pyridine rings is 1. The molecule has 0 bridgehead atoms. The van der Waals surface area contributed by atoms with Gasteiger partial charge < -0.3 is 4.90 Å². The van der Waals surface area contributed by atoms with E-state index in [1.54, 1.807) is 0 Å². The minimum absolute atomic E-state index is 0.118. The maximum Gasteiger partial charge on any atom is 0.420 e. The van der Waals surface area contributed by atoms with Crippen LogP contribution < -0.4 is 4.90 Å². The number of aromatic nitrogens is 1. The van der Waals surface area contributed by atoms with E-state index in [2.05, 4.69) is 10.9 Å². The quantitative estimate of drug-likeness (QED) is 0.666. The molecule has 0 unspecified atom stereocenters. The fraction of sp³-hybridized carbons (Fsp3) is 0.300. The van der Waals surface area contributed by atoms with Crippen LogP contribution in [-0.4, -0.2) is 19.1 Å². The van der Waals surface area contributed by atoms with E-state index in [0.29, 0.717) is 0 Å². The van der Waals surface area contributed by atoms with Crippen molar-refractivity contribution in [3.05, 3.63) is 23.4 Å². The van der Waals surface area contributed by atoms with Gasteiger partial charge in [-0.3, -0.25) is 0 Å². The number of halogens is 3. The van der Waals surface area contributed by atoms with Gasteiger partial charge in [-0.25, -0.2) is 4.98 Å². The fourth-order valence-corrected chi connectivity index (χ4v) is 1.10. The van der Waals surface area contributed by atoms with Crippen molar-refractivity contribution in [3.8, 4) is 12.3 Å². The second-order valence-electron chi connectivity index (χ2n) is 3.13. The zero-order valence-corrected chi connectivity index (χ0v) is 8.26. The summed E-state index contributed by atoms with van der Waals surface area (Å²) in [5.74, 6) is 1.99. The minimum atomic E-state index is -4.44. The van der Waals surface area contributed by atoms with E-state index in [0.717, 1.165) is 6.07 Å². The Hall–Kier alpha value is -1.70. The van der Waals surface area contributed by atoms with Crippen molar-refractivity contribution in [2.24, 2.45) is 0 Å². The van der Waals surface area contributed by atoms with E-state index in [9.17, 15) is 13.2 Å². The van der Waals surface area contributed by atoms with Gasteiger partial charge in [0.15, 0.2) is 0 Å². The highest BCUT2D eigenvalue weighted by Crippen LogP contribution is 2.35. The van der Waals surface area contributed by atoms with Gasteiger partial charge in [-0.05, 0) is 6.07 Å². The molecule has 2 nitrogen and oxygen atoms in total. The number of hydrogen-bond acceptors (Lipinski definition) is 2. The third kappa shape index (κ3) is 2.40. The summed E-state index contributed by atoms with van der Waals surface area (Å²) in [6, 6.07) is 0.919. The number of alkyl halides is 3. The van der Waals surface area contributed by atoms with Crippen LogP contribution >= 0.6 is 0 Å². The van der Waals surface area contributed by atoms with E-state index in [-0.39, 0.29) is 11.4 Å². The Labute approximate surface area is 85.7 Å². The predicted octanol–water partition coefficient (Wildman–Crippen LogP) is 2.15. The first kappa shape index (κ1) is 11.4. The number of nitrogens with zero attached hydrogens (tertiary/aromatic N) is 2. The molecule has 0 saturated heterocycles. The van der Waals surface area contributed by atoms with Gasteiger partial charge in [0.1, 0.15) is 5.82 Å².